The van der Waals surface area contributed by atoms with E-state index < -0.39 is 30.0 Å². The quantitative estimate of drug-likeness (QED) is 0.271. The number of hydrogen-bond acceptors (Lipinski definition) is 4. The Morgan fingerprint density at radius 1 is 0.846 bits per heavy atom. The Bertz CT molecular complexity index is 1430. The molecule has 5 rings (SSSR count). The van der Waals surface area contributed by atoms with Gasteiger partial charge >= 0.3 is 6.09 Å². The Kier molecular flexibility index (Phi) is 7.54. The first-order chi connectivity index (χ1) is 18.9. The van der Waals surface area contributed by atoms with Gasteiger partial charge in [0.1, 0.15) is 30.0 Å². The zero-order valence-corrected chi connectivity index (χ0v) is 21.2. The maximum absolute atomic E-state index is 13.6. The minimum atomic E-state index is -1.16. The molecule has 0 unspecified atom stereocenters. The number of anilines is 1. The zero-order chi connectivity index (χ0) is 27.4. The summed E-state index contributed by atoms with van der Waals surface area (Å²) in [6, 6.07) is 27.3. The Hall–Kier alpha value is -4.72. The highest BCUT2D eigenvalue weighted by molar-refractivity contribution is 5.97. The zero-order valence-electron chi connectivity index (χ0n) is 21.2. The molecule has 1 fully saturated rings. The first-order valence-electron chi connectivity index (χ1n) is 12.4. The number of hydrogen-bond donors (Lipinski definition) is 0. The van der Waals surface area contributed by atoms with E-state index in [0.717, 1.165) is 11.1 Å². The molecular formula is C31H26F2N2O4. The summed E-state index contributed by atoms with van der Waals surface area (Å²) < 4.78 is 38.5. The van der Waals surface area contributed by atoms with Crippen molar-refractivity contribution in [3.8, 4) is 5.75 Å². The van der Waals surface area contributed by atoms with E-state index in [4.69, 9.17) is 9.47 Å². The largest absolute Gasteiger partial charge is 0.489 e. The molecule has 2 atom stereocenters. The number of ether oxygens (including phenoxy) is 2. The van der Waals surface area contributed by atoms with Crippen molar-refractivity contribution in [1.29, 1.82) is 0 Å². The topological polar surface area (TPSA) is 59.1 Å². The molecule has 1 heterocycles. The van der Waals surface area contributed by atoms with E-state index >= 15 is 0 Å². The van der Waals surface area contributed by atoms with Crippen LogP contribution in [0.5, 0.6) is 5.75 Å². The highest BCUT2D eigenvalue weighted by atomic mass is 19.1. The van der Waals surface area contributed by atoms with Gasteiger partial charge in [-0.05, 0) is 65.2 Å². The van der Waals surface area contributed by atoms with E-state index in [0.29, 0.717) is 23.6 Å². The number of benzene rings is 4. The van der Waals surface area contributed by atoms with Crippen molar-refractivity contribution in [2.75, 3.05) is 11.9 Å². The van der Waals surface area contributed by atoms with Gasteiger partial charge in [-0.2, -0.15) is 0 Å². The number of likely N-dealkylation sites (N-methyl/N-ethyl adjacent to an activating group) is 1. The van der Waals surface area contributed by atoms with Gasteiger partial charge in [-0.25, -0.2) is 13.6 Å². The summed E-state index contributed by atoms with van der Waals surface area (Å²) in [7, 11) is 1.59. The molecule has 1 saturated heterocycles. The molecule has 0 spiro atoms. The van der Waals surface area contributed by atoms with Crippen LogP contribution in [0.1, 0.15) is 22.7 Å². The molecule has 1 aliphatic rings. The van der Waals surface area contributed by atoms with Crippen LogP contribution in [-0.4, -0.2) is 30.1 Å². The van der Waals surface area contributed by atoms with E-state index in [2.05, 4.69) is 0 Å². The average molecular weight is 529 g/mol. The van der Waals surface area contributed by atoms with Crippen LogP contribution in [0.25, 0.3) is 0 Å². The van der Waals surface area contributed by atoms with Crippen LogP contribution in [0, 0.1) is 11.6 Å². The Morgan fingerprint density at radius 2 is 1.46 bits per heavy atom. The van der Waals surface area contributed by atoms with Crippen LogP contribution in [0.2, 0.25) is 0 Å². The molecule has 8 heteroatoms. The average Bonchev–Trinajstić information content (AvgIpc) is 3.30. The van der Waals surface area contributed by atoms with Gasteiger partial charge in [0, 0.05) is 19.3 Å². The minimum Gasteiger partial charge on any atom is -0.489 e. The van der Waals surface area contributed by atoms with Crippen LogP contribution >= 0.6 is 0 Å². The number of rotatable bonds is 8. The third-order valence-corrected chi connectivity index (χ3v) is 6.52. The molecule has 39 heavy (non-hydrogen) atoms. The van der Waals surface area contributed by atoms with Crippen molar-refractivity contribution < 1.29 is 27.8 Å². The second-order valence-corrected chi connectivity index (χ2v) is 9.26. The highest BCUT2D eigenvalue weighted by Gasteiger charge is 2.48. The Balaban J connectivity index is 1.41. The molecule has 0 saturated carbocycles. The standard InChI is InChI=1S/C31H26F2N2O4/c1-34(19-21-7-11-24(32)12-8-21)30(36)29-28(35(31(37)39-29)26-15-13-25(33)14-16-26)23-9-17-27(18-10-23)38-20-22-5-3-2-4-6-22/h2-18,28-29H,19-20H2,1H3/t28-,29+/m1/s1. The predicted molar refractivity (Wildman–Crippen MR) is 142 cm³/mol. The molecule has 198 valence electrons. The van der Waals surface area contributed by atoms with E-state index in [1.165, 1.54) is 46.2 Å². The predicted octanol–water partition coefficient (Wildman–Crippen LogP) is 6.27. The van der Waals surface area contributed by atoms with Gasteiger partial charge < -0.3 is 14.4 Å². The Morgan fingerprint density at radius 3 is 2.10 bits per heavy atom. The van der Waals surface area contributed by atoms with Crippen molar-refractivity contribution >= 4 is 17.7 Å². The molecule has 0 N–H and O–H groups in total. The highest BCUT2D eigenvalue weighted by Crippen LogP contribution is 2.39. The summed E-state index contributed by atoms with van der Waals surface area (Å²) in [6.07, 6.45) is -1.88. The number of nitrogens with zero attached hydrogens (tertiary/aromatic N) is 2. The fourth-order valence-electron chi connectivity index (χ4n) is 4.52. The summed E-state index contributed by atoms with van der Waals surface area (Å²) in [5.41, 5.74) is 2.79. The van der Waals surface area contributed by atoms with E-state index in [9.17, 15) is 18.4 Å². The molecule has 1 aliphatic heterocycles. The van der Waals surface area contributed by atoms with Crippen molar-refractivity contribution in [3.05, 3.63) is 131 Å². The first-order valence-corrected chi connectivity index (χ1v) is 12.4. The third kappa shape index (κ3) is 5.90. The second-order valence-electron chi connectivity index (χ2n) is 9.26. The fraction of sp³-hybridized carbons (Fsp3) is 0.161. The smallest absolute Gasteiger partial charge is 0.415 e. The van der Waals surface area contributed by atoms with Crippen molar-refractivity contribution in [2.24, 2.45) is 0 Å². The normalized spacial score (nSPS) is 16.6. The number of halogens is 2. The molecule has 4 aromatic rings. The maximum Gasteiger partial charge on any atom is 0.415 e. The number of cyclic esters (lactones) is 1. The van der Waals surface area contributed by atoms with Gasteiger partial charge in [0.25, 0.3) is 5.91 Å². The van der Waals surface area contributed by atoms with Gasteiger partial charge in [-0.15, -0.1) is 0 Å². The molecule has 0 bridgehead atoms. The lowest BCUT2D eigenvalue weighted by atomic mass is 9.98. The van der Waals surface area contributed by atoms with E-state index in [1.54, 1.807) is 43.4 Å². The maximum atomic E-state index is 13.6. The molecule has 6 nitrogen and oxygen atoms in total. The van der Waals surface area contributed by atoms with Crippen molar-refractivity contribution in [3.63, 3.8) is 0 Å². The summed E-state index contributed by atoms with van der Waals surface area (Å²) in [4.78, 5) is 29.4. The molecule has 2 amide bonds. The molecule has 0 radical (unpaired) electrons. The summed E-state index contributed by atoms with van der Waals surface area (Å²) in [5.74, 6) is -0.623. The van der Waals surface area contributed by atoms with Gasteiger partial charge in [-0.1, -0.05) is 54.6 Å². The SMILES string of the molecule is CN(Cc1ccc(F)cc1)C(=O)[C@H]1OC(=O)N(c2ccc(F)cc2)[C@@H]1c1ccc(OCc2ccccc2)cc1. The van der Waals surface area contributed by atoms with Crippen LogP contribution < -0.4 is 9.64 Å². The van der Waals surface area contributed by atoms with Gasteiger partial charge in [0.05, 0.1) is 0 Å². The monoisotopic (exact) mass is 528 g/mol. The van der Waals surface area contributed by atoms with Gasteiger partial charge in [0.2, 0.25) is 6.10 Å². The summed E-state index contributed by atoms with van der Waals surface area (Å²) >= 11 is 0. The molecule has 4 aromatic carbocycles. The third-order valence-electron chi connectivity index (χ3n) is 6.52. The fourth-order valence-corrected chi connectivity index (χ4v) is 4.52. The van der Waals surface area contributed by atoms with Crippen molar-refractivity contribution in [1.82, 2.24) is 4.90 Å². The molecule has 0 aromatic heterocycles. The van der Waals surface area contributed by atoms with Crippen LogP contribution in [0.15, 0.2) is 103 Å². The Labute approximate surface area is 225 Å². The van der Waals surface area contributed by atoms with E-state index in [-0.39, 0.29) is 12.4 Å². The van der Waals surface area contributed by atoms with Crippen LogP contribution in [0.4, 0.5) is 19.3 Å². The van der Waals surface area contributed by atoms with Crippen molar-refractivity contribution in [2.45, 2.75) is 25.3 Å². The molecule has 0 aliphatic carbocycles. The lowest BCUT2D eigenvalue weighted by molar-refractivity contribution is -0.138. The summed E-state index contributed by atoms with van der Waals surface area (Å²) in [6.45, 7) is 0.588. The number of amides is 2. The lowest BCUT2D eigenvalue weighted by Gasteiger charge is -2.27. The minimum absolute atomic E-state index is 0.197. The summed E-state index contributed by atoms with van der Waals surface area (Å²) in [5, 5.41) is 0. The lowest BCUT2D eigenvalue weighted by Crippen LogP contribution is -2.40. The van der Waals surface area contributed by atoms with E-state index in [1.807, 2.05) is 30.3 Å². The first kappa shape index (κ1) is 25.9. The van der Waals surface area contributed by atoms with Gasteiger partial charge in [0.15, 0.2) is 0 Å². The second kappa shape index (κ2) is 11.3. The van der Waals surface area contributed by atoms with Gasteiger partial charge in [-0.3, -0.25) is 9.69 Å². The molecular weight excluding hydrogens is 502 g/mol. The number of carbonyl (C=O) groups is 2. The van der Waals surface area contributed by atoms with Crippen LogP contribution in [0.3, 0.4) is 0 Å². The number of carbonyl (C=O) groups excluding carboxylic acids is 2. The van der Waals surface area contributed by atoms with Crippen LogP contribution in [-0.2, 0) is 22.7 Å².